The van der Waals surface area contributed by atoms with E-state index in [9.17, 15) is 8.42 Å². The normalized spacial score (nSPS) is 20.8. The second-order valence-corrected chi connectivity index (χ2v) is 5.16. The number of aromatic nitrogens is 2. The third-order valence-corrected chi connectivity index (χ3v) is 3.42. The first-order valence-electron chi connectivity index (χ1n) is 4.73. The molecule has 2 heterocycles. The molecule has 1 aliphatic heterocycles. The molecule has 1 aromatic rings. The van der Waals surface area contributed by atoms with Gasteiger partial charge in [0.15, 0.2) is 4.90 Å². The van der Waals surface area contributed by atoms with Crippen LogP contribution in [0.1, 0.15) is 13.3 Å². The predicted molar refractivity (Wildman–Crippen MR) is 52.9 cm³/mol. The maximum Gasteiger partial charge on any atom is 0.245 e. The van der Waals surface area contributed by atoms with Gasteiger partial charge in [-0.15, -0.1) is 0 Å². The summed E-state index contributed by atoms with van der Waals surface area (Å²) in [6.45, 7) is 3.26. The highest BCUT2D eigenvalue weighted by Gasteiger charge is 2.26. The Bertz CT molecular complexity index is 465. The number of nitrogens with zero attached hydrogens (tertiary/aromatic N) is 2. The molecule has 0 radical (unpaired) electrons. The van der Waals surface area contributed by atoms with Crippen LogP contribution in [-0.2, 0) is 16.6 Å². The predicted octanol–water partition coefficient (Wildman–Crippen LogP) is -0.0509. The molecule has 0 aliphatic carbocycles. The molecule has 0 fully saturated rings. The number of nitrogens with two attached hydrogens (primary N) is 1. The van der Waals surface area contributed by atoms with E-state index in [1.54, 1.807) is 4.68 Å². The summed E-state index contributed by atoms with van der Waals surface area (Å²) in [6.07, 6.45) is 2.21. The summed E-state index contributed by atoms with van der Waals surface area (Å²) in [5.74, 6) is 0.646. The summed E-state index contributed by atoms with van der Waals surface area (Å²) < 4.78 is 29.2. The van der Waals surface area contributed by atoms with E-state index in [0.717, 1.165) is 6.42 Å². The number of primary sulfonamides is 1. The van der Waals surface area contributed by atoms with Crippen LogP contribution in [0.4, 0.5) is 0 Å². The van der Waals surface area contributed by atoms with Gasteiger partial charge in [0, 0.05) is 5.92 Å². The van der Waals surface area contributed by atoms with E-state index < -0.39 is 10.0 Å². The largest absolute Gasteiger partial charge is 0.477 e. The molecule has 0 saturated carbocycles. The van der Waals surface area contributed by atoms with Gasteiger partial charge in [0.2, 0.25) is 15.9 Å². The number of sulfonamides is 1. The quantitative estimate of drug-likeness (QED) is 0.773. The minimum atomic E-state index is -3.73. The van der Waals surface area contributed by atoms with E-state index in [0.29, 0.717) is 19.1 Å². The average Bonchev–Trinajstić information content (AvgIpc) is 2.59. The standard InChI is InChI=1S/C8H13N3O3S/c1-2-6-4-11-8(14-5-6)7(3-10-11)15(9,12)13/h3,6H,2,4-5H2,1H3,(H2,9,12,13). The van der Waals surface area contributed by atoms with Crippen molar-refractivity contribution in [3.05, 3.63) is 6.20 Å². The van der Waals surface area contributed by atoms with Crippen LogP contribution in [0.2, 0.25) is 0 Å². The van der Waals surface area contributed by atoms with E-state index in [2.05, 4.69) is 12.0 Å². The molecule has 0 saturated heterocycles. The van der Waals surface area contributed by atoms with Crippen LogP contribution < -0.4 is 9.88 Å². The van der Waals surface area contributed by atoms with Crippen LogP contribution in [0.5, 0.6) is 5.88 Å². The van der Waals surface area contributed by atoms with Crippen LogP contribution in [-0.4, -0.2) is 24.8 Å². The maximum atomic E-state index is 11.2. The van der Waals surface area contributed by atoms with Crippen molar-refractivity contribution in [2.75, 3.05) is 6.61 Å². The highest BCUT2D eigenvalue weighted by molar-refractivity contribution is 7.89. The van der Waals surface area contributed by atoms with Gasteiger partial charge in [0.05, 0.1) is 19.3 Å². The Morgan fingerprint density at radius 2 is 2.47 bits per heavy atom. The molecule has 1 aromatic heterocycles. The molecule has 1 atom stereocenters. The van der Waals surface area contributed by atoms with Gasteiger partial charge in [-0.05, 0) is 6.42 Å². The number of fused-ring (bicyclic) bond motifs is 1. The lowest BCUT2D eigenvalue weighted by Gasteiger charge is -2.23. The molecular formula is C8H13N3O3S. The van der Waals surface area contributed by atoms with Crippen molar-refractivity contribution < 1.29 is 13.2 Å². The lowest BCUT2D eigenvalue weighted by Crippen LogP contribution is -2.26. The highest BCUT2D eigenvalue weighted by atomic mass is 32.2. The van der Waals surface area contributed by atoms with Crippen molar-refractivity contribution in [2.45, 2.75) is 24.8 Å². The maximum absolute atomic E-state index is 11.2. The Morgan fingerprint density at radius 3 is 3.07 bits per heavy atom. The third kappa shape index (κ3) is 1.84. The molecule has 15 heavy (non-hydrogen) atoms. The van der Waals surface area contributed by atoms with Gasteiger partial charge >= 0.3 is 0 Å². The molecule has 0 amide bonds. The van der Waals surface area contributed by atoms with Crippen LogP contribution in [0.25, 0.3) is 0 Å². The Kier molecular flexibility index (Phi) is 2.43. The first kappa shape index (κ1) is 10.4. The van der Waals surface area contributed by atoms with Gasteiger partial charge in [0.1, 0.15) is 0 Å². The fraction of sp³-hybridized carbons (Fsp3) is 0.625. The molecule has 6 nitrogen and oxygen atoms in total. The minimum absolute atomic E-state index is 0.0305. The van der Waals surface area contributed by atoms with E-state index in [1.807, 2.05) is 0 Å². The van der Waals surface area contributed by atoms with Gasteiger partial charge in [0.25, 0.3) is 0 Å². The number of ether oxygens (including phenoxy) is 1. The summed E-state index contributed by atoms with van der Waals surface area (Å²) in [5.41, 5.74) is 0. The molecule has 0 bridgehead atoms. The Morgan fingerprint density at radius 1 is 1.73 bits per heavy atom. The Labute approximate surface area is 88.1 Å². The second kappa shape index (κ2) is 3.49. The van der Waals surface area contributed by atoms with Gasteiger partial charge in [-0.1, -0.05) is 6.92 Å². The monoisotopic (exact) mass is 231 g/mol. The van der Waals surface area contributed by atoms with Crippen LogP contribution in [0.3, 0.4) is 0 Å². The average molecular weight is 231 g/mol. The van der Waals surface area contributed by atoms with E-state index in [1.165, 1.54) is 6.20 Å². The summed E-state index contributed by atoms with van der Waals surface area (Å²) in [4.78, 5) is -0.0305. The minimum Gasteiger partial charge on any atom is -0.477 e. The number of hydrogen-bond acceptors (Lipinski definition) is 4. The second-order valence-electron chi connectivity index (χ2n) is 3.63. The fourth-order valence-corrected chi connectivity index (χ4v) is 2.17. The lowest BCUT2D eigenvalue weighted by molar-refractivity contribution is 0.157. The number of hydrogen-bond donors (Lipinski definition) is 1. The lowest BCUT2D eigenvalue weighted by atomic mass is 10.1. The van der Waals surface area contributed by atoms with Gasteiger partial charge < -0.3 is 4.74 Å². The molecule has 2 N–H and O–H groups in total. The number of rotatable bonds is 2. The van der Waals surface area contributed by atoms with Crippen LogP contribution in [0.15, 0.2) is 11.1 Å². The zero-order valence-corrected chi connectivity index (χ0v) is 9.20. The third-order valence-electron chi connectivity index (χ3n) is 2.53. The van der Waals surface area contributed by atoms with Crippen molar-refractivity contribution in [3.63, 3.8) is 0 Å². The molecule has 0 spiro atoms. The summed E-state index contributed by atoms with van der Waals surface area (Å²) in [5, 5.41) is 8.99. The molecule has 84 valence electrons. The van der Waals surface area contributed by atoms with Crippen molar-refractivity contribution >= 4 is 10.0 Å². The van der Waals surface area contributed by atoms with Gasteiger partial charge in [-0.2, -0.15) is 5.10 Å². The molecule has 2 rings (SSSR count). The van der Waals surface area contributed by atoms with Gasteiger partial charge in [-0.3, -0.25) is 0 Å². The summed E-state index contributed by atoms with van der Waals surface area (Å²) in [6, 6.07) is 0. The molecule has 7 heteroatoms. The first-order chi connectivity index (χ1) is 7.02. The molecular weight excluding hydrogens is 218 g/mol. The van der Waals surface area contributed by atoms with E-state index in [-0.39, 0.29) is 10.8 Å². The topological polar surface area (TPSA) is 87.2 Å². The first-order valence-corrected chi connectivity index (χ1v) is 6.28. The van der Waals surface area contributed by atoms with Crippen molar-refractivity contribution in [1.29, 1.82) is 0 Å². The van der Waals surface area contributed by atoms with Crippen LogP contribution in [0, 0.1) is 5.92 Å². The summed E-state index contributed by atoms with van der Waals surface area (Å²) in [7, 11) is -3.73. The zero-order valence-electron chi connectivity index (χ0n) is 8.38. The van der Waals surface area contributed by atoms with E-state index in [4.69, 9.17) is 9.88 Å². The fourth-order valence-electron chi connectivity index (χ4n) is 1.57. The van der Waals surface area contributed by atoms with Crippen molar-refractivity contribution in [3.8, 4) is 5.88 Å². The molecule has 0 aromatic carbocycles. The highest BCUT2D eigenvalue weighted by Crippen LogP contribution is 2.27. The SMILES string of the molecule is CCC1COc2c(S(N)(=O)=O)cnn2C1. The smallest absolute Gasteiger partial charge is 0.245 e. The van der Waals surface area contributed by atoms with Crippen molar-refractivity contribution in [1.82, 2.24) is 9.78 Å². The van der Waals surface area contributed by atoms with Crippen LogP contribution >= 0.6 is 0 Å². The molecule has 1 aliphatic rings. The van der Waals surface area contributed by atoms with E-state index >= 15 is 0 Å². The molecule has 1 unspecified atom stereocenters. The zero-order chi connectivity index (χ0) is 11.1. The Balaban J connectivity index is 2.38. The van der Waals surface area contributed by atoms with Gasteiger partial charge in [-0.25, -0.2) is 18.2 Å². The van der Waals surface area contributed by atoms with Crippen molar-refractivity contribution in [2.24, 2.45) is 11.1 Å². The summed E-state index contributed by atoms with van der Waals surface area (Å²) >= 11 is 0. The Hall–Kier alpha value is -1.08.